The van der Waals surface area contributed by atoms with Gasteiger partial charge in [0, 0.05) is 10.7 Å². The first-order valence-electron chi connectivity index (χ1n) is 5.90. The summed E-state index contributed by atoms with van der Waals surface area (Å²) < 4.78 is 0. The van der Waals surface area contributed by atoms with E-state index in [1.165, 1.54) is 18.2 Å². The maximum atomic E-state index is 12.0. The summed E-state index contributed by atoms with van der Waals surface area (Å²) in [4.78, 5) is 23.0. The van der Waals surface area contributed by atoms with Crippen LogP contribution in [0.5, 0.6) is 0 Å². The molecule has 1 aromatic carbocycles. The number of benzene rings is 1. The Balaban J connectivity index is 2.84. The zero-order valence-corrected chi connectivity index (χ0v) is 11.6. The van der Waals surface area contributed by atoms with Crippen molar-refractivity contribution in [1.29, 1.82) is 0 Å². The number of halogens is 1. The maximum absolute atomic E-state index is 12.0. The molecule has 0 aromatic heterocycles. The fraction of sp³-hybridized carbons (Fsp3) is 0.385. The summed E-state index contributed by atoms with van der Waals surface area (Å²) in [6.45, 7) is 3.78. The highest BCUT2D eigenvalue weighted by molar-refractivity contribution is 6.31. The second kappa shape index (κ2) is 6.43. The van der Waals surface area contributed by atoms with Crippen LogP contribution in [0.15, 0.2) is 18.2 Å². The highest BCUT2D eigenvalue weighted by atomic mass is 35.5. The number of hydrogen-bond acceptors (Lipinski definition) is 3. The largest absolute Gasteiger partial charge is 0.480 e. The standard InChI is InChI=1S/C13H17ClN2O3/c1-7(2)5-11(13(18)19)16-12(17)9-4-3-8(14)6-10(9)15/h3-4,6-7,11H,5,15H2,1-2H3,(H,16,17)(H,18,19). The van der Waals surface area contributed by atoms with E-state index in [9.17, 15) is 9.59 Å². The summed E-state index contributed by atoms with van der Waals surface area (Å²) in [5.41, 5.74) is 6.13. The molecule has 0 radical (unpaired) electrons. The van der Waals surface area contributed by atoms with E-state index in [0.717, 1.165) is 0 Å². The molecular formula is C13H17ClN2O3. The Bertz CT molecular complexity index is 489. The van der Waals surface area contributed by atoms with Crippen LogP contribution in [0.2, 0.25) is 5.02 Å². The summed E-state index contributed by atoms with van der Waals surface area (Å²) in [6, 6.07) is 3.53. The molecule has 1 atom stereocenters. The molecule has 0 saturated heterocycles. The number of nitrogens with two attached hydrogens (primary N) is 1. The summed E-state index contributed by atoms with van der Waals surface area (Å²) in [5.74, 6) is -1.42. The number of carboxylic acid groups (broad SMARTS) is 1. The third-order valence-electron chi connectivity index (χ3n) is 2.57. The number of aliphatic carboxylic acids is 1. The van der Waals surface area contributed by atoms with Crippen LogP contribution >= 0.6 is 11.6 Å². The Morgan fingerprint density at radius 1 is 1.42 bits per heavy atom. The molecular weight excluding hydrogens is 268 g/mol. The SMILES string of the molecule is CC(C)CC(NC(=O)c1ccc(Cl)cc1N)C(=O)O. The van der Waals surface area contributed by atoms with Crippen LogP contribution in [0.25, 0.3) is 0 Å². The predicted octanol–water partition coefficient (Wildman–Crippen LogP) is 2.15. The van der Waals surface area contributed by atoms with Gasteiger partial charge in [0.1, 0.15) is 6.04 Å². The van der Waals surface area contributed by atoms with E-state index in [1.807, 2.05) is 13.8 Å². The van der Waals surface area contributed by atoms with Gasteiger partial charge in [-0.2, -0.15) is 0 Å². The summed E-state index contributed by atoms with van der Waals surface area (Å²) in [7, 11) is 0. The van der Waals surface area contributed by atoms with E-state index in [1.54, 1.807) is 0 Å². The van der Waals surface area contributed by atoms with Crippen molar-refractivity contribution in [2.45, 2.75) is 26.3 Å². The van der Waals surface area contributed by atoms with Crippen LogP contribution in [0.1, 0.15) is 30.6 Å². The third-order valence-corrected chi connectivity index (χ3v) is 2.80. The lowest BCUT2D eigenvalue weighted by Gasteiger charge is -2.17. The number of carboxylic acids is 1. The molecule has 0 spiro atoms. The normalized spacial score (nSPS) is 12.2. The Morgan fingerprint density at radius 2 is 2.05 bits per heavy atom. The van der Waals surface area contributed by atoms with Crippen molar-refractivity contribution in [2.75, 3.05) is 5.73 Å². The molecule has 1 rings (SSSR count). The molecule has 6 heteroatoms. The number of rotatable bonds is 5. The molecule has 0 aliphatic carbocycles. The lowest BCUT2D eigenvalue weighted by molar-refractivity contribution is -0.139. The highest BCUT2D eigenvalue weighted by Gasteiger charge is 2.22. The van der Waals surface area contributed by atoms with Crippen LogP contribution in [0.4, 0.5) is 5.69 Å². The number of anilines is 1. The fourth-order valence-electron chi connectivity index (χ4n) is 1.67. The van der Waals surface area contributed by atoms with E-state index in [4.69, 9.17) is 22.4 Å². The minimum atomic E-state index is -1.06. The van der Waals surface area contributed by atoms with Gasteiger partial charge < -0.3 is 16.2 Å². The first-order chi connectivity index (χ1) is 8.81. The van der Waals surface area contributed by atoms with Crippen molar-refractivity contribution in [1.82, 2.24) is 5.32 Å². The topological polar surface area (TPSA) is 92.4 Å². The van der Waals surface area contributed by atoms with Crippen LogP contribution in [-0.2, 0) is 4.79 Å². The minimum absolute atomic E-state index is 0.156. The molecule has 0 aliphatic rings. The first-order valence-corrected chi connectivity index (χ1v) is 6.27. The van der Waals surface area contributed by atoms with Gasteiger partial charge in [-0.3, -0.25) is 4.79 Å². The van der Waals surface area contributed by atoms with Gasteiger partial charge >= 0.3 is 5.97 Å². The van der Waals surface area contributed by atoms with Gasteiger partial charge in [0.25, 0.3) is 5.91 Å². The summed E-state index contributed by atoms with van der Waals surface area (Å²) in [6.07, 6.45) is 0.356. The Labute approximate surface area is 116 Å². The quantitative estimate of drug-likeness (QED) is 0.722. The van der Waals surface area contributed by atoms with Gasteiger partial charge in [-0.1, -0.05) is 25.4 Å². The number of nitrogens with one attached hydrogen (secondary N) is 1. The third kappa shape index (κ3) is 4.44. The smallest absolute Gasteiger partial charge is 0.326 e. The van der Waals surface area contributed by atoms with Crippen LogP contribution in [-0.4, -0.2) is 23.0 Å². The van der Waals surface area contributed by atoms with Gasteiger partial charge in [-0.25, -0.2) is 4.79 Å². The summed E-state index contributed by atoms with van der Waals surface area (Å²) in [5, 5.41) is 11.9. The second-order valence-electron chi connectivity index (χ2n) is 4.73. The average molecular weight is 285 g/mol. The van der Waals surface area contributed by atoms with Gasteiger partial charge in [-0.05, 0) is 30.5 Å². The molecule has 0 heterocycles. The molecule has 0 saturated carbocycles. The van der Waals surface area contributed by atoms with Crippen molar-refractivity contribution < 1.29 is 14.7 Å². The van der Waals surface area contributed by atoms with Crippen molar-refractivity contribution in [3.8, 4) is 0 Å². The molecule has 1 amide bonds. The van der Waals surface area contributed by atoms with E-state index in [0.29, 0.717) is 11.4 Å². The molecule has 0 bridgehead atoms. The van der Waals surface area contributed by atoms with Gasteiger partial charge in [0.05, 0.1) is 5.56 Å². The van der Waals surface area contributed by atoms with E-state index in [-0.39, 0.29) is 17.2 Å². The van der Waals surface area contributed by atoms with Crippen LogP contribution < -0.4 is 11.1 Å². The Hall–Kier alpha value is -1.75. The predicted molar refractivity (Wildman–Crippen MR) is 74.2 cm³/mol. The van der Waals surface area contributed by atoms with Gasteiger partial charge in [-0.15, -0.1) is 0 Å². The molecule has 1 aromatic rings. The van der Waals surface area contributed by atoms with Crippen molar-refractivity contribution >= 4 is 29.2 Å². The second-order valence-corrected chi connectivity index (χ2v) is 5.16. The van der Waals surface area contributed by atoms with E-state index < -0.39 is 17.9 Å². The Morgan fingerprint density at radius 3 is 2.53 bits per heavy atom. The van der Waals surface area contributed by atoms with Crippen LogP contribution in [0, 0.1) is 5.92 Å². The molecule has 1 unspecified atom stereocenters. The van der Waals surface area contributed by atoms with E-state index in [2.05, 4.69) is 5.32 Å². The van der Waals surface area contributed by atoms with Crippen molar-refractivity contribution in [3.05, 3.63) is 28.8 Å². The first kappa shape index (κ1) is 15.3. The van der Waals surface area contributed by atoms with Crippen molar-refractivity contribution in [3.63, 3.8) is 0 Å². The lowest BCUT2D eigenvalue weighted by atomic mass is 10.0. The lowest BCUT2D eigenvalue weighted by Crippen LogP contribution is -2.41. The Kier molecular flexibility index (Phi) is 5.18. The summed E-state index contributed by atoms with van der Waals surface area (Å²) >= 11 is 5.74. The van der Waals surface area contributed by atoms with Gasteiger partial charge in [0.2, 0.25) is 0 Å². The molecule has 0 aliphatic heterocycles. The highest BCUT2D eigenvalue weighted by Crippen LogP contribution is 2.18. The van der Waals surface area contributed by atoms with Gasteiger partial charge in [0.15, 0.2) is 0 Å². The maximum Gasteiger partial charge on any atom is 0.326 e. The molecule has 4 N–H and O–H groups in total. The molecule has 104 valence electrons. The number of carbonyl (C=O) groups is 2. The minimum Gasteiger partial charge on any atom is -0.480 e. The molecule has 5 nitrogen and oxygen atoms in total. The number of amides is 1. The zero-order chi connectivity index (χ0) is 14.6. The van der Waals surface area contributed by atoms with Crippen LogP contribution in [0.3, 0.4) is 0 Å². The zero-order valence-electron chi connectivity index (χ0n) is 10.8. The number of hydrogen-bond donors (Lipinski definition) is 3. The van der Waals surface area contributed by atoms with Crippen molar-refractivity contribution in [2.24, 2.45) is 5.92 Å². The number of nitrogen functional groups attached to an aromatic ring is 1. The number of carbonyl (C=O) groups excluding carboxylic acids is 1. The fourth-order valence-corrected chi connectivity index (χ4v) is 1.85. The average Bonchev–Trinajstić information content (AvgIpc) is 2.26. The molecule has 0 fully saturated rings. The molecule has 19 heavy (non-hydrogen) atoms. The monoisotopic (exact) mass is 284 g/mol. The van der Waals surface area contributed by atoms with E-state index >= 15 is 0 Å².